The lowest BCUT2D eigenvalue weighted by molar-refractivity contribution is -0.142. The van der Waals surface area contributed by atoms with Crippen LogP contribution in [-0.2, 0) is 4.79 Å². The first-order valence-corrected chi connectivity index (χ1v) is 7.76. The van der Waals surface area contributed by atoms with Crippen LogP contribution in [0.15, 0.2) is 41.2 Å². The predicted molar refractivity (Wildman–Crippen MR) is 87.4 cm³/mol. The molecule has 3 rings (SSSR count). The number of carbonyl (C=O) groups is 1. The van der Waals surface area contributed by atoms with Crippen molar-refractivity contribution in [2.24, 2.45) is 5.92 Å². The second kappa shape index (κ2) is 6.42. The van der Waals surface area contributed by atoms with E-state index in [0.717, 1.165) is 0 Å². The van der Waals surface area contributed by atoms with Crippen molar-refractivity contribution in [2.45, 2.75) is 12.8 Å². The van der Waals surface area contributed by atoms with Gasteiger partial charge in [0.25, 0.3) is 5.56 Å². The van der Waals surface area contributed by atoms with Crippen LogP contribution in [0, 0.1) is 5.92 Å². The summed E-state index contributed by atoms with van der Waals surface area (Å²) in [7, 11) is 0. The van der Waals surface area contributed by atoms with Gasteiger partial charge in [-0.15, -0.1) is 5.10 Å². The Morgan fingerprint density at radius 1 is 1.22 bits per heavy atom. The summed E-state index contributed by atoms with van der Waals surface area (Å²) in [6.45, 7) is 1.22. The second-order valence-corrected chi connectivity index (χ2v) is 5.96. The fourth-order valence-corrected chi connectivity index (χ4v) is 2.90. The van der Waals surface area contributed by atoms with Crippen LogP contribution in [0.2, 0.25) is 5.02 Å². The van der Waals surface area contributed by atoms with Crippen molar-refractivity contribution < 1.29 is 9.90 Å². The molecular weight excluding hydrogens is 318 g/mol. The van der Waals surface area contributed by atoms with Crippen LogP contribution < -0.4 is 10.5 Å². The van der Waals surface area contributed by atoms with Gasteiger partial charge in [-0.1, -0.05) is 17.7 Å². The van der Waals surface area contributed by atoms with Gasteiger partial charge < -0.3 is 10.0 Å². The normalized spacial score (nSPS) is 15.6. The molecule has 0 amide bonds. The number of carboxylic acids is 1. The van der Waals surface area contributed by atoms with Crippen LogP contribution in [0.3, 0.4) is 0 Å². The zero-order valence-electron chi connectivity index (χ0n) is 12.4. The Morgan fingerprint density at radius 2 is 1.96 bits per heavy atom. The minimum Gasteiger partial charge on any atom is -0.481 e. The van der Waals surface area contributed by atoms with E-state index in [4.69, 9.17) is 16.7 Å². The lowest BCUT2D eigenvalue weighted by Crippen LogP contribution is -2.37. The number of piperidine rings is 1. The summed E-state index contributed by atoms with van der Waals surface area (Å²) in [6.07, 6.45) is 1.15. The van der Waals surface area contributed by atoms with E-state index in [0.29, 0.717) is 42.5 Å². The molecule has 0 spiro atoms. The van der Waals surface area contributed by atoms with E-state index >= 15 is 0 Å². The molecule has 0 aliphatic carbocycles. The maximum absolute atomic E-state index is 12.1. The Balaban J connectivity index is 1.87. The second-order valence-electron chi connectivity index (χ2n) is 5.52. The van der Waals surface area contributed by atoms with Crippen LogP contribution in [0.25, 0.3) is 5.69 Å². The van der Waals surface area contributed by atoms with Gasteiger partial charge in [-0.3, -0.25) is 9.59 Å². The van der Waals surface area contributed by atoms with Gasteiger partial charge in [0.15, 0.2) is 0 Å². The van der Waals surface area contributed by atoms with Crippen LogP contribution in [-0.4, -0.2) is 33.9 Å². The molecule has 1 saturated heterocycles. The number of hydrogen-bond acceptors (Lipinski definition) is 4. The molecule has 1 aliphatic heterocycles. The smallest absolute Gasteiger partial charge is 0.306 e. The number of carboxylic acid groups (broad SMARTS) is 1. The summed E-state index contributed by atoms with van der Waals surface area (Å²) < 4.78 is 1.31. The first kappa shape index (κ1) is 15.6. The maximum atomic E-state index is 12.1. The molecule has 2 heterocycles. The van der Waals surface area contributed by atoms with Crippen LogP contribution in [0.1, 0.15) is 12.8 Å². The van der Waals surface area contributed by atoms with E-state index in [1.165, 1.54) is 10.7 Å². The highest BCUT2D eigenvalue weighted by molar-refractivity contribution is 6.30. The van der Waals surface area contributed by atoms with Crippen molar-refractivity contribution in [2.75, 3.05) is 18.0 Å². The average molecular weight is 334 g/mol. The number of benzene rings is 1. The number of nitrogens with zero attached hydrogens (tertiary/aromatic N) is 3. The van der Waals surface area contributed by atoms with Crippen LogP contribution in [0.5, 0.6) is 0 Å². The molecule has 120 valence electrons. The third-order valence-corrected chi connectivity index (χ3v) is 4.24. The van der Waals surface area contributed by atoms with Crippen molar-refractivity contribution in [3.8, 4) is 5.69 Å². The zero-order valence-corrected chi connectivity index (χ0v) is 13.1. The summed E-state index contributed by atoms with van der Waals surface area (Å²) in [4.78, 5) is 25.1. The summed E-state index contributed by atoms with van der Waals surface area (Å²) in [5, 5.41) is 14.0. The Morgan fingerprint density at radius 3 is 2.61 bits per heavy atom. The third kappa shape index (κ3) is 3.37. The molecule has 1 aliphatic rings. The van der Waals surface area contributed by atoms with Crippen molar-refractivity contribution in [1.82, 2.24) is 9.78 Å². The number of aliphatic carboxylic acids is 1. The molecule has 0 atom stereocenters. The van der Waals surface area contributed by atoms with E-state index in [-0.39, 0.29) is 11.5 Å². The first-order chi connectivity index (χ1) is 11.0. The van der Waals surface area contributed by atoms with E-state index in [2.05, 4.69) is 5.10 Å². The van der Waals surface area contributed by atoms with Gasteiger partial charge in [-0.05, 0) is 37.1 Å². The molecule has 6 nitrogen and oxygen atoms in total. The number of rotatable bonds is 3. The summed E-state index contributed by atoms with van der Waals surface area (Å²) >= 11 is 5.97. The lowest BCUT2D eigenvalue weighted by atomic mass is 9.97. The molecule has 1 fully saturated rings. The molecule has 0 radical (unpaired) electrons. The monoisotopic (exact) mass is 333 g/mol. The zero-order chi connectivity index (χ0) is 16.4. The number of anilines is 1. The molecule has 1 aromatic carbocycles. The molecule has 0 unspecified atom stereocenters. The molecule has 2 aromatic rings. The lowest BCUT2D eigenvalue weighted by Gasteiger charge is -2.31. The highest BCUT2D eigenvalue weighted by Gasteiger charge is 2.25. The molecule has 1 aromatic heterocycles. The number of aromatic nitrogens is 2. The van der Waals surface area contributed by atoms with E-state index < -0.39 is 5.97 Å². The van der Waals surface area contributed by atoms with Gasteiger partial charge in [-0.2, -0.15) is 4.68 Å². The highest BCUT2D eigenvalue weighted by Crippen LogP contribution is 2.22. The average Bonchev–Trinajstić information content (AvgIpc) is 2.55. The molecular formula is C16H16ClN3O3. The summed E-state index contributed by atoms with van der Waals surface area (Å²) in [5.74, 6) is -0.389. The fraction of sp³-hybridized carbons (Fsp3) is 0.312. The third-order valence-electron chi connectivity index (χ3n) is 4.01. The minimum atomic E-state index is -0.749. The predicted octanol–water partition coefficient (Wildman–Crippen LogP) is 2.19. The highest BCUT2D eigenvalue weighted by atomic mass is 35.5. The quantitative estimate of drug-likeness (QED) is 0.931. The van der Waals surface area contributed by atoms with E-state index in [1.54, 1.807) is 30.3 Å². The van der Waals surface area contributed by atoms with Gasteiger partial charge in [0.2, 0.25) is 0 Å². The fourth-order valence-electron chi connectivity index (χ4n) is 2.72. The maximum Gasteiger partial charge on any atom is 0.306 e. The van der Waals surface area contributed by atoms with Gasteiger partial charge >= 0.3 is 5.97 Å². The molecule has 0 bridgehead atoms. The van der Waals surface area contributed by atoms with Gasteiger partial charge in [0, 0.05) is 24.2 Å². The van der Waals surface area contributed by atoms with Gasteiger partial charge in [0.05, 0.1) is 11.6 Å². The Kier molecular flexibility index (Phi) is 4.34. The Labute approximate surface area is 137 Å². The first-order valence-electron chi connectivity index (χ1n) is 7.38. The Hall–Kier alpha value is -2.34. The number of halogens is 1. The van der Waals surface area contributed by atoms with E-state index in [1.807, 2.05) is 4.90 Å². The van der Waals surface area contributed by atoms with E-state index in [9.17, 15) is 9.59 Å². The van der Waals surface area contributed by atoms with Crippen molar-refractivity contribution in [3.63, 3.8) is 0 Å². The number of hydrogen-bond donors (Lipinski definition) is 1. The van der Waals surface area contributed by atoms with Crippen molar-refractivity contribution in [1.29, 1.82) is 0 Å². The standard InChI is InChI=1S/C16H16ClN3O3/c17-12-2-1-3-13(10-12)20-15(21)5-4-14(18-20)19-8-6-11(7-9-19)16(22)23/h1-5,10-11H,6-9H2,(H,22,23). The van der Waals surface area contributed by atoms with Crippen LogP contribution in [0.4, 0.5) is 5.82 Å². The minimum absolute atomic E-state index is 0.239. The van der Waals surface area contributed by atoms with Gasteiger partial charge in [0.1, 0.15) is 5.82 Å². The van der Waals surface area contributed by atoms with Crippen molar-refractivity contribution >= 4 is 23.4 Å². The topological polar surface area (TPSA) is 75.4 Å². The summed E-state index contributed by atoms with van der Waals surface area (Å²) in [6, 6.07) is 10.1. The van der Waals surface area contributed by atoms with Crippen LogP contribution >= 0.6 is 11.6 Å². The van der Waals surface area contributed by atoms with Gasteiger partial charge in [-0.25, -0.2) is 0 Å². The molecule has 7 heteroatoms. The van der Waals surface area contributed by atoms with Crippen molar-refractivity contribution in [3.05, 3.63) is 51.8 Å². The Bertz CT molecular complexity index is 782. The summed E-state index contributed by atoms with van der Waals surface area (Å²) in [5.41, 5.74) is 0.362. The molecule has 0 saturated carbocycles. The largest absolute Gasteiger partial charge is 0.481 e. The molecule has 1 N–H and O–H groups in total. The molecule has 23 heavy (non-hydrogen) atoms. The SMILES string of the molecule is O=C(O)C1CCN(c2ccc(=O)n(-c3cccc(Cl)c3)n2)CC1.